The van der Waals surface area contributed by atoms with Crippen LogP contribution in [0.25, 0.3) is 0 Å². The summed E-state index contributed by atoms with van der Waals surface area (Å²) in [6.45, 7) is 6.10. The first-order valence-corrected chi connectivity index (χ1v) is 6.79. The Morgan fingerprint density at radius 1 is 0.722 bits per heavy atom. The monoisotopic (exact) mass is 264 g/mol. The molecule has 0 saturated heterocycles. The van der Waals surface area contributed by atoms with Crippen molar-refractivity contribution in [2.24, 2.45) is 0 Å². The molecule has 0 aliphatic carbocycles. The summed E-state index contributed by atoms with van der Waals surface area (Å²) in [6, 6.07) is 0. The third-order valence-electron chi connectivity index (χ3n) is 1.93. The molecular formula is C14H32O4. The predicted molar refractivity (Wildman–Crippen MR) is 76.5 cm³/mol. The molecule has 0 aliphatic heterocycles. The molecule has 4 N–H and O–H groups in total. The van der Waals surface area contributed by atoms with Crippen LogP contribution in [-0.4, -0.2) is 46.9 Å². The largest absolute Gasteiger partial charge is 0.396 e. The minimum absolute atomic E-state index is 0.125. The fourth-order valence-corrected chi connectivity index (χ4v) is 0.926. The molecule has 0 aromatic heterocycles. The average Bonchev–Trinajstić information content (AvgIpc) is 2.42. The summed E-state index contributed by atoms with van der Waals surface area (Å²) in [7, 11) is 0. The van der Waals surface area contributed by atoms with E-state index in [1.807, 2.05) is 6.08 Å². The van der Waals surface area contributed by atoms with Crippen molar-refractivity contribution in [3.63, 3.8) is 0 Å². The molecular weight excluding hydrogens is 232 g/mol. The van der Waals surface area contributed by atoms with Crippen LogP contribution in [0.3, 0.4) is 0 Å². The molecule has 112 valence electrons. The summed E-state index contributed by atoms with van der Waals surface area (Å²) in [4.78, 5) is 0. The topological polar surface area (TPSA) is 80.9 Å². The van der Waals surface area contributed by atoms with Gasteiger partial charge in [0.05, 0.1) is 13.2 Å². The molecule has 0 fully saturated rings. The summed E-state index contributed by atoms with van der Waals surface area (Å²) in [6.07, 6.45) is 9.55. The molecule has 0 radical (unpaired) electrons. The lowest BCUT2D eigenvalue weighted by Crippen LogP contribution is -1.85. The van der Waals surface area contributed by atoms with Gasteiger partial charge in [-0.2, -0.15) is 0 Å². The number of hydrogen-bond acceptors (Lipinski definition) is 4. The van der Waals surface area contributed by atoms with Crippen LogP contribution in [0.4, 0.5) is 0 Å². The van der Waals surface area contributed by atoms with Crippen LogP contribution >= 0.6 is 0 Å². The normalized spacial score (nSPS) is 8.72. The highest BCUT2D eigenvalue weighted by Gasteiger charge is 1.84. The zero-order valence-electron chi connectivity index (χ0n) is 11.9. The summed E-state index contributed by atoms with van der Waals surface area (Å²) >= 11 is 0. The van der Waals surface area contributed by atoms with Crippen LogP contribution in [0.1, 0.15) is 51.9 Å². The van der Waals surface area contributed by atoms with Gasteiger partial charge < -0.3 is 20.4 Å². The Morgan fingerprint density at radius 3 is 1.33 bits per heavy atom. The van der Waals surface area contributed by atoms with Crippen LogP contribution in [0, 0.1) is 0 Å². The van der Waals surface area contributed by atoms with E-state index in [2.05, 4.69) is 13.5 Å². The third kappa shape index (κ3) is 45.0. The molecule has 0 rings (SSSR count). The molecule has 0 atom stereocenters. The number of aliphatic hydroxyl groups is 4. The van der Waals surface area contributed by atoms with Crippen molar-refractivity contribution in [2.75, 3.05) is 26.4 Å². The fraction of sp³-hybridized carbons (Fsp3) is 0.857. The Hall–Kier alpha value is -0.420. The fourth-order valence-electron chi connectivity index (χ4n) is 0.926. The minimum Gasteiger partial charge on any atom is -0.396 e. The van der Waals surface area contributed by atoms with Gasteiger partial charge in [0.1, 0.15) is 0 Å². The predicted octanol–water partition coefficient (Wildman–Crippen LogP) is 1.86. The second-order valence-electron chi connectivity index (χ2n) is 3.74. The quantitative estimate of drug-likeness (QED) is 0.378. The Labute approximate surface area is 112 Å². The second-order valence-corrected chi connectivity index (χ2v) is 3.74. The Balaban J connectivity index is -0.000000200. The lowest BCUT2D eigenvalue weighted by molar-refractivity contribution is 0.186. The molecule has 0 amide bonds. The number of unbranched alkanes of at least 4 members (excludes halogenated alkanes) is 5. The standard InChI is InChI=1S/C6H14O2.C6H12.C2H6O2/c7-5-3-1-2-4-6-8;1-3-5-6-4-2;3-1-2-4/h7-8H,1-6H2;3H,1,4-6H2,2H3;3-4H,1-2H2. The molecule has 0 aromatic carbocycles. The van der Waals surface area contributed by atoms with Crippen molar-refractivity contribution in [3.05, 3.63) is 12.7 Å². The van der Waals surface area contributed by atoms with Crippen molar-refractivity contribution < 1.29 is 20.4 Å². The SMILES string of the molecule is C=CCCCC.OCCCCCCO.OCCO. The summed E-state index contributed by atoms with van der Waals surface area (Å²) in [5.74, 6) is 0. The zero-order valence-corrected chi connectivity index (χ0v) is 11.9. The van der Waals surface area contributed by atoms with Gasteiger partial charge in [-0.05, 0) is 19.3 Å². The first-order chi connectivity index (χ1) is 8.74. The van der Waals surface area contributed by atoms with Crippen LogP contribution in [0.5, 0.6) is 0 Å². The van der Waals surface area contributed by atoms with Gasteiger partial charge in [-0.1, -0.05) is 38.7 Å². The van der Waals surface area contributed by atoms with E-state index in [0.717, 1.165) is 25.7 Å². The lowest BCUT2D eigenvalue weighted by Gasteiger charge is -1.93. The molecule has 0 aliphatic rings. The lowest BCUT2D eigenvalue weighted by atomic mass is 10.2. The van der Waals surface area contributed by atoms with Crippen LogP contribution < -0.4 is 0 Å². The highest BCUT2D eigenvalue weighted by Crippen LogP contribution is 1.96. The molecule has 0 unspecified atom stereocenters. The van der Waals surface area contributed by atoms with Crippen molar-refractivity contribution in [2.45, 2.75) is 51.9 Å². The van der Waals surface area contributed by atoms with Crippen LogP contribution in [-0.2, 0) is 0 Å². The molecule has 0 bridgehead atoms. The Kier molecular flexibility index (Phi) is 37.9. The summed E-state index contributed by atoms with van der Waals surface area (Å²) < 4.78 is 0. The van der Waals surface area contributed by atoms with Gasteiger partial charge in [0.2, 0.25) is 0 Å². The molecule has 0 spiro atoms. The number of rotatable bonds is 9. The van der Waals surface area contributed by atoms with Crippen LogP contribution in [0.2, 0.25) is 0 Å². The zero-order chi connectivity index (χ0) is 14.5. The van der Waals surface area contributed by atoms with Crippen LogP contribution in [0.15, 0.2) is 12.7 Å². The van der Waals surface area contributed by atoms with E-state index in [4.69, 9.17) is 20.4 Å². The maximum atomic E-state index is 8.30. The molecule has 0 heterocycles. The molecule has 18 heavy (non-hydrogen) atoms. The molecule has 4 heteroatoms. The summed E-state index contributed by atoms with van der Waals surface area (Å²) in [5.41, 5.74) is 0. The number of aliphatic hydroxyl groups excluding tert-OH is 4. The molecule has 0 aromatic rings. The Morgan fingerprint density at radius 2 is 1.17 bits per heavy atom. The van der Waals surface area contributed by atoms with Gasteiger partial charge in [0.15, 0.2) is 0 Å². The number of hydrogen-bond donors (Lipinski definition) is 4. The Bertz CT molecular complexity index is 110. The highest BCUT2D eigenvalue weighted by molar-refractivity contribution is 4.64. The number of allylic oxidation sites excluding steroid dienone is 1. The first-order valence-electron chi connectivity index (χ1n) is 6.79. The first kappa shape index (κ1) is 22.7. The van der Waals surface area contributed by atoms with Gasteiger partial charge in [-0.15, -0.1) is 6.58 Å². The van der Waals surface area contributed by atoms with E-state index < -0.39 is 0 Å². The van der Waals surface area contributed by atoms with E-state index in [9.17, 15) is 0 Å². The van der Waals surface area contributed by atoms with Crippen molar-refractivity contribution in [1.82, 2.24) is 0 Å². The van der Waals surface area contributed by atoms with Gasteiger partial charge >= 0.3 is 0 Å². The second kappa shape index (κ2) is 30.0. The molecule has 4 nitrogen and oxygen atoms in total. The van der Waals surface area contributed by atoms with Crippen molar-refractivity contribution in [1.29, 1.82) is 0 Å². The van der Waals surface area contributed by atoms with E-state index in [1.165, 1.54) is 19.3 Å². The van der Waals surface area contributed by atoms with E-state index in [0.29, 0.717) is 0 Å². The third-order valence-corrected chi connectivity index (χ3v) is 1.93. The smallest absolute Gasteiger partial charge is 0.0662 e. The van der Waals surface area contributed by atoms with Crippen molar-refractivity contribution in [3.8, 4) is 0 Å². The summed E-state index contributed by atoms with van der Waals surface area (Å²) in [5, 5.41) is 31.9. The maximum Gasteiger partial charge on any atom is 0.0662 e. The van der Waals surface area contributed by atoms with E-state index in [-0.39, 0.29) is 26.4 Å². The van der Waals surface area contributed by atoms with Gasteiger partial charge in [-0.25, -0.2) is 0 Å². The van der Waals surface area contributed by atoms with Crippen molar-refractivity contribution >= 4 is 0 Å². The molecule has 0 saturated carbocycles. The van der Waals surface area contributed by atoms with E-state index in [1.54, 1.807) is 0 Å². The van der Waals surface area contributed by atoms with E-state index >= 15 is 0 Å². The van der Waals surface area contributed by atoms with Gasteiger partial charge in [0.25, 0.3) is 0 Å². The average molecular weight is 264 g/mol. The van der Waals surface area contributed by atoms with Gasteiger partial charge in [-0.3, -0.25) is 0 Å². The highest BCUT2D eigenvalue weighted by atomic mass is 16.3. The maximum absolute atomic E-state index is 8.30. The van der Waals surface area contributed by atoms with Gasteiger partial charge in [0, 0.05) is 13.2 Å². The minimum atomic E-state index is -0.125.